The van der Waals surface area contributed by atoms with Crippen molar-refractivity contribution in [3.8, 4) is 0 Å². The highest BCUT2D eigenvalue weighted by molar-refractivity contribution is 5.81. The van der Waals surface area contributed by atoms with Gasteiger partial charge < -0.3 is 10.2 Å². The topological polar surface area (TPSA) is 161 Å². The second-order valence-electron chi connectivity index (χ2n) is 4.50. The maximum absolute atomic E-state index is 11.3. The van der Waals surface area contributed by atoms with E-state index in [9.17, 15) is 34.9 Å². The van der Waals surface area contributed by atoms with Gasteiger partial charge >= 0.3 is 11.9 Å². The average molecular weight is 312 g/mol. The van der Waals surface area contributed by atoms with E-state index >= 15 is 0 Å². The Morgan fingerprint density at radius 1 is 1.18 bits per heavy atom. The van der Waals surface area contributed by atoms with Gasteiger partial charge in [-0.25, -0.2) is 0 Å². The Bertz CT molecular complexity index is 655. The molecule has 10 heteroatoms. The SMILES string of the molecule is Cc1ccc([N+](=O)[O-])c(C(CCC(=O)O)C(=O)O)c1[N+](=O)[O-]. The number of nitro benzene ring substituents is 2. The van der Waals surface area contributed by atoms with Gasteiger partial charge in [0.2, 0.25) is 0 Å². The Morgan fingerprint density at radius 3 is 2.18 bits per heavy atom. The van der Waals surface area contributed by atoms with E-state index in [4.69, 9.17) is 5.11 Å². The number of carboxylic acids is 2. The summed E-state index contributed by atoms with van der Waals surface area (Å²) in [6.45, 7) is 1.32. The summed E-state index contributed by atoms with van der Waals surface area (Å²) in [5.74, 6) is -4.51. The molecular weight excluding hydrogens is 300 g/mol. The number of hydrogen-bond donors (Lipinski definition) is 2. The number of nitro groups is 2. The monoisotopic (exact) mass is 312 g/mol. The first kappa shape index (κ1) is 17.0. The first-order chi connectivity index (χ1) is 10.2. The van der Waals surface area contributed by atoms with Crippen LogP contribution in [0.4, 0.5) is 11.4 Å². The van der Waals surface area contributed by atoms with Gasteiger partial charge in [-0.15, -0.1) is 0 Å². The number of hydrogen-bond acceptors (Lipinski definition) is 6. The van der Waals surface area contributed by atoms with Gasteiger partial charge in [0, 0.05) is 18.1 Å². The lowest BCUT2D eigenvalue weighted by Gasteiger charge is -2.13. The van der Waals surface area contributed by atoms with Crippen LogP contribution >= 0.6 is 0 Å². The van der Waals surface area contributed by atoms with Crippen LogP contribution in [0, 0.1) is 27.2 Å². The molecule has 0 bridgehead atoms. The Morgan fingerprint density at radius 2 is 1.77 bits per heavy atom. The van der Waals surface area contributed by atoms with E-state index in [0.29, 0.717) is 0 Å². The molecule has 1 unspecified atom stereocenters. The molecule has 0 heterocycles. The molecule has 118 valence electrons. The summed E-state index contributed by atoms with van der Waals surface area (Å²) < 4.78 is 0. The molecule has 22 heavy (non-hydrogen) atoms. The summed E-state index contributed by atoms with van der Waals surface area (Å²) in [6.07, 6.45) is -1.07. The van der Waals surface area contributed by atoms with Crippen molar-refractivity contribution in [2.45, 2.75) is 25.7 Å². The fourth-order valence-electron chi connectivity index (χ4n) is 2.11. The third kappa shape index (κ3) is 3.53. The van der Waals surface area contributed by atoms with Gasteiger partial charge in [-0.1, -0.05) is 0 Å². The highest BCUT2D eigenvalue weighted by Gasteiger charge is 2.37. The molecule has 0 saturated carbocycles. The number of rotatable bonds is 7. The van der Waals surface area contributed by atoms with Gasteiger partial charge in [0.25, 0.3) is 11.4 Å². The van der Waals surface area contributed by atoms with Crippen molar-refractivity contribution in [3.63, 3.8) is 0 Å². The van der Waals surface area contributed by atoms with Gasteiger partial charge in [0.15, 0.2) is 0 Å². The third-order valence-electron chi connectivity index (χ3n) is 3.07. The number of nitrogens with zero attached hydrogens (tertiary/aromatic N) is 2. The maximum Gasteiger partial charge on any atom is 0.311 e. The maximum atomic E-state index is 11.3. The molecule has 0 aliphatic heterocycles. The van der Waals surface area contributed by atoms with Crippen molar-refractivity contribution in [2.24, 2.45) is 0 Å². The Kier molecular flexibility index (Phi) is 5.11. The van der Waals surface area contributed by atoms with Crippen molar-refractivity contribution in [1.82, 2.24) is 0 Å². The van der Waals surface area contributed by atoms with Crippen LogP contribution < -0.4 is 0 Å². The predicted molar refractivity (Wildman–Crippen MR) is 71.7 cm³/mol. The minimum absolute atomic E-state index is 0.0622. The van der Waals surface area contributed by atoms with Gasteiger partial charge in [-0.3, -0.25) is 29.8 Å². The van der Waals surface area contributed by atoms with Crippen LogP contribution in [-0.4, -0.2) is 32.0 Å². The molecule has 0 spiro atoms. The van der Waals surface area contributed by atoms with Gasteiger partial charge in [0.1, 0.15) is 5.56 Å². The zero-order chi connectivity index (χ0) is 17.0. The quantitative estimate of drug-likeness (QED) is 0.569. The normalized spacial score (nSPS) is 11.7. The Hall–Kier alpha value is -3.04. The number of benzene rings is 1. The fourth-order valence-corrected chi connectivity index (χ4v) is 2.11. The fraction of sp³-hybridized carbons (Fsp3) is 0.333. The van der Waals surface area contributed by atoms with Crippen LogP contribution in [0.15, 0.2) is 12.1 Å². The smallest absolute Gasteiger partial charge is 0.311 e. The largest absolute Gasteiger partial charge is 0.481 e. The predicted octanol–water partition coefficient (Wildman–Crippen LogP) is 1.84. The lowest BCUT2D eigenvalue weighted by atomic mass is 9.90. The van der Waals surface area contributed by atoms with Crippen LogP contribution in [-0.2, 0) is 9.59 Å². The highest BCUT2D eigenvalue weighted by Crippen LogP contribution is 2.39. The molecule has 10 nitrogen and oxygen atoms in total. The molecule has 1 aromatic carbocycles. The van der Waals surface area contributed by atoms with E-state index in [-0.39, 0.29) is 5.56 Å². The summed E-state index contributed by atoms with van der Waals surface area (Å²) >= 11 is 0. The van der Waals surface area contributed by atoms with E-state index in [1.165, 1.54) is 6.92 Å². The van der Waals surface area contributed by atoms with Crippen LogP contribution in [0.25, 0.3) is 0 Å². The summed E-state index contributed by atoms with van der Waals surface area (Å²) in [4.78, 5) is 42.3. The number of carboxylic acid groups (broad SMARTS) is 2. The van der Waals surface area contributed by atoms with Crippen molar-refractivity contribution >= 4 is 23.3 Å². The average Bonchev–Trinajstić information content (AvgIpc) is 2.37. The summed E-state index contributed by atoms with van der Waals surface area (Å²) in [5.41, 5.74) is -1.90. The minimum atomic E-state index is -1.66. The molecular formula is C12H12N2O8. The molecule has 0 aliphatic rings. The molecule has 0 radical (unpaired) electrons. The Balaban J connectivity index is 3.59. The van der Waals surface area contributed by atoms with E-state index in [0.717, 1.165) is 12.1 Å². The first-order valence-electron chi connectivity index (χ1n) is 6.03. The molecule has 0 fully saturated rings. The molecule has 0 aliphatic carbocycles. The molecule has 0 saturated heterocycles. The molecule has 0 aromatic heterocycles. The second-order valence-corrected chi connectivity index (χ2v) is 4.50. The Labute approximate surface area is 123 Å². The first-order valence-corrected chi connectivity index (χ1v) is 6.03. The van der Waals surface area contributed by atoms with Gasteiger partial charge in [-0.2, -0.15) is 0 Å². The van der Waals surface area contributed by atoms with E-state index in [2.05, 4.69) is 0 Å². The van der Waals surface area contributed by atoms with Crippen LogP contribution in [0.2, 0.25) is 0 Å². The van der Waals surface area contributed by atoms with Gasteiger partial charge in [-0.05, 0) is 19.4 Å². The molecule has 1 atom stereocenters. The zero-order valence-corrected chi connectivity index (χ0v) is 11.4. The minimum Gasteiger partial charge on any atom is -0.481 e. The molecule has 1 aromatic rings. The van der Waals surface area contributed by atoms with Crippen LogP contribution in [0.3, 0.4) is 0 Å². The number of aliphatic carboxylic acids is 2. The molecule has 1 rings (SSSR count). The second kappa shape index (κ2) is 6.61. The van der Waals surface area contributed by atoms with Crippen LogP contribution in [0.5, 0.6) is 0 Å². The lowest BCUT2D eigenvalue weighted by Crippen LogP contribution is -2.17. The van der Waals surface area contributed by atoms with Crippen molar-refractivity contribution in [1.29, 1.82) is 0 Å². The van der Waals surface area contributed by atoms with E-state index in [1.54, 1.807) is 0 Å². The van der Waals surface area contributed by atoms with E-state index < -0.39 is 57.5 Å². The summed E-state index contributed by atoms with van der Waals surface area (Å²) in [7, 11) is 0. The molecule has 2 N–H and O–H groups in total. The van der Waals surface area contributed by atoms with Crippen molar-refractivity contribution in [2.75, 3.05) is 0 Å². The summed E-state index contributed by atoms with van der Waals surface area (Å²) in [5, 5.41) is 40.0. The third-order valence-corrected chi connectivity index (χ3v) is 3.07. The van der Waals surface area contributed by atoms with Crippen molar-refractivity contribution in [3.05, 3.63) is 43.5 Å². The molecule has 0 amide bonds. The van der Waals surface area contributed by atoms with Crippen molar-refractivity contribution < 1.29 is 29.6 Å². The number of carbonyl (C=O) groups is 2. The van der Waals surface area contributed by atoms with Crippen LogP contribution in [0.1, 0.15) is 29.9 Å². The lowest BCUT2D eigenvalue weighted by molar-refractivity contribution is -0.396. The van der Waals surface area contributed by atoms with Gasteiger partial charge in [0.05, 0.1) is 15.8 Å². The van der Waals surface area contributed by atoms with E-state index in [1.807, 2.05) is 0 Å². The highest BCUT2D eigenvalue weighted by atomic mass is 16.6. The zero-order valence-electron chi connectivity index (χ0n) is 11.4. The standard InChI is InChI=1S/C12H12N2O8/c1-6-2-4-8(13(19)20)10(11(6)14(21)22)7(12(17)18)3-5-9(15)16/h2,4,7H,3,5H2,1H3,(H,15,16)(H,17,18). The number of aryl methyl sites for hydroxylation is 1. The summed E-state index contributed by atoms with van der Waals surface area (Å²) in [6, 6.07) is 2.13.